The van der Waals surface area contributed by atoms with Crippen LogP contribution < -0.4 is 5.73 Å². The lowest BCUT2D eigenvalue weighted by molar-refractivity contribution is 0.0373. The standard InChI is InChI=1S/C6H13NO3S/c1-11-6-4(9)2(7)3(8)5(6)10/h2-6,8-10H,7H2,1H3/t2-,3+,4-,5-,6+/m0/s1. The Labute approximate surface area is 69.4 Å². The molecule has 0 saturated heterocycles. The number of rotatable bonds is 1. The second-order valence-corrected chi connectivity index (χ2v) is 3.77. The molecule has 1 fully saturated rings. The van der Waals surface area contributed by atoms with Crippen LogP contribution in [0.25, 0.3) is 0 Å². The molecular weight excluding hydrogens is 166 g/mol. The molecule has 0 amide bonds. The quantitative estimate of drug-likeness (QED) is 0.379. The molecule has 1 saturated carbocycles. The molecule has 5 atom stereocenters. The van der Waals surface area contributed by atoms with E-state index in [9.17, 15) is 15.3 Å². The lowest BCUT2D eigenvalue weighted by Crippen LogP contribution is -2.40. The zero-order valence-corrected chi connectivity index (χ0v) is 7.03. The molecule has 0 heterocycles. The molecule has 0 spiro atoms. The van der Waals surface area contributed by atoms with Gasteiger partial charge < -0.3 is 21.1 Å². The van der Waals surface area contributed by atoms with Crippen LogP contribution in [0.1, 0.15) is 0 Å². The minimum absolute atomic E-state index is 0.361. The highest BCUT2D eigenvalue weighted by atomic mass is 32.2. The monoisotopic (exact) mass is 179 g/mol. The van der Waals surface area contributed by atoms with E-state index in [2.05, 4.69) is 0 Å². The highest BCUT2D eigenvalue weighted by Gasteiger charge is 2.46. The van der Waals surface area contributed by atoms with Crippen molar-refractivity contribution in [1.29, 1.82) is 0 Å². The Morgan fingerprint density at radius 3 is 1.82 bits per heavy atom. The Kier molecular flexibility index (Phi) is 2.77. The van der Waals surface area contributed by atoms with Gasteiger partial charge in [0, 0.05) is 0 Å². The van der Waals surface area contributed by atoms with E-state index in [1.807, 2.05) is 0 Å². The van der Waals surface area contributed by atoms with Crippen LogP contribution in [0.4, 0.5) is 0 Å². The van der Waals surface area contributed by atoms with Crippen LogP contribution in [0.15, 0.2) is 0 Å². The van der Waals surface area contributed by atoms with E-state index < -0.39 is 24.4 Å². The van der Waals surface area contributed by atoms with E-state index in [0.29, 0.717) is 0 Å². The van der Waals surface area contributed by atoms with Crippen LogP contribution in [-0.2, 0) is 0 Å². The maximum Gasteiger partial charge on any atom is 0.0987 e. The summed E-state index contributed by atoms with van der Waals surface area (Å²) in [5.74, 6) is 0. The van der Waals surface area contributed by atoms with Gasteiger partial charge in [-0.05, 0) is 6.26 Å². The first-order valence-corrected chi connectivity index (χ1v) is 4.71. The van der Waals surface area contributed by atoms with Gasteiger partial charge in [0.25, 0.3) is 0 Å². The first-order valence-electron chi connectivity index (χ1n) is 3.42. The maximum absolute atomic E-state index is 9.33. The van der Waals surface area contributed by atoms with E-state index in [0.717, 1.165) is 0 Å². The second-order valence-electron chi connectivity index (χ2n) is 2.75. The normalized spacial score (nSPS) is 51.5. The minimum atomic E-state index is -0.998. The molecule has 0 radical (unpaired) electrons. The van der Waals surface area contributed by atoms with Gasteiger partial charge >= 0.3 is 0 Å². The van der Waals surface area contributed by atoms with E-state index in [1.165, 1.54) is 11.8 Å². The van der Waals surface area contributed by atoms with Gasteiger partial charge in [0.15, 0.2) is 0 Å². The Hall–Kier alpha value is 0.190. The summed E-state index contributed by atoms with van der Waals surface area (Å²) in [4.78, 5) is 0. The fraction of sp³-hybridized carbons (Fsp3) is 1.00. The zero-order valence-electron chi connectivity index (χ0n) is 6.21. The van der Waals surface area contributed by atoms with Crippen LogP contribution in [0.2, 0.25) is 0 Å². The van der Waals surface area contributed by atoms with Crippen molar-refractivity contribution in [3.63, 3.8) is 0 Å². The highest BCUT2D eigenvalue weighted by molar-refractivity contribution is 7.99. The number of hydrogen-bond acceptors (Lipinski definition) is 5. The predicted molar refractivity (Wildman–Crippen MR) is 43.3 cm³/mol. The van der Waals surface area contributed by atoms with Crippen LogP contribution in [-0.4, -0.2) is 51.2 Å². The first kappa shape index (κ1) is 9.28. The Morgan fingerprint density at radius 2 is 1.64 bits per heavy atom. The largest absolute Gasteiger partial charge is 0.390 e. The third kappa shape index (κ3) is 1.39. The lowest BCUT2D eigenvalue weighted by Gasteiger charge is -2.14. The summed E-state index contributed by atoms with van der Waals surface area (Å²) >= 11 is 1.32. The molecule has 4 nitrogen and oxygen atoms in total. The van der Waals surface area contributed by atoms with Crippen molar-refractivity contribution in [2.24, 2.45) is 5.73 Å². The third-order valence-electron chi connectivity index (χ3n) is 2.08. The van der Waals surface area contributed by atoms with Gasteiger partial charge in [0.2, 0.25) is 0 Å². The molecule has 11 heavy (non-hydrogen) atoms. The van der Waals surface area contributed by atoms with Gasteiger partial charge in [-0.15, -0.1) is 0 Å². The fourth-order valence-electron chi connectivity index (χ4n) is 1.32. The molecule has 5 heteroatoms. The van der Waals surface area contributed by atoms with Crippen LogP contribution in [0.3, 0.4) is 0 Å². The second kappa shape index (κ2) is 3.28. The first-order chi connectivity index (χ1) is 5.09. The molecule has 1 rings (SSSR count). The van der Waals surface area contributed by atoms with Gasteiger partial charge in [-0.3, -0.25) is 0 Å². The number of thioether (sulfide) groups is 1. The van der Waals surface area contributed by atoms with Crippen LogP contribution >= 0.6 is 11.8 Å². The van der Waals surface area contributed by atoms with Gasteiger partial charge in [-0.1, -0.05) is 0 Å². The van der Waals surface area contributed by atoms with Crippen molar-refractivity contribution in [1.82, 2.24) is 0 Å². The summed E-state index contributed by atoms with van der Waals surface area (Å²) in [6, 6.07) is -0.720. The molecule has 0 unspecified atom stereocenters. The number of aliphatic hydroxyl groups excluding tert-OH is 3. The van der Waals surface area contributed by atoms with E-state index >= 15 is 0 Å². The average molecular weight is 179 g/mol. The van der Waals surface area contributed by atoms with Gasteiger partial charge in [-0.25, -0.2) is 0 Å². The molecule has 5 N–H and O–H groups in total. The van der Waals surface area contributed by atoms with Gasteiger partial charge in [-0.2, -0.15) is 11.8 Å². The molecule has 1 aliphatic rings. The molecule has 0 aromatic heterocycles. The van der Waals surface area contributed by atoms with E-state index in [1.54, 1.807) is 6.26 Å². The summed E-state index contributed by atoms with van der Waals surface area (Å²) < 4.78 is 0. The summed E-state index contributed by atoms with van der Waals surface area (Å²) in [7, 11) is 0. The molecular formula is C6H13NO3S. The number of nitrogens with two attached hydrogens (primary N) is 1. The minimum Gasteiger partial charge on any atom is -0.390 e. The fourth-order valence-corrected chi connectivity index (χ4v) is 2.22. The van der Waals surface area contributed by atoms with Crippen molar-refractivity contribution < 1.29 is 15.3 Å². The molecule has 66 valence electrons. The van der Waals surface area contributed by atoms with Crippen molar-refractivity contribution in [2.75, 3.05) is 6.26 Å². The van der Waals surface area contributed by atoms with Crippen LogP contribution in [0, 0.1) is 0 Å². The summed E-state index contributed by atoms with van der Waals surface area (Å²) in [5, 5.41) is 27.4. The Balaban J connectivity index is 2.69. The van der Waals surface area contributed by atoms with E-state index in [-0.39, 0.29) is 5.25 Å². The average Bonchev–Trinajstić information content (AvgIpc) is 2.17. The number of hydrogen-bond donors (Lipinski definition) is 4. The van der Waals surface area contributed by atoms with Crippen molar-refractivity contribution in [3.8, 4) is 0 Å². The van der Waals surface area contributed by atoms with Crippen LogP contribution in [0.5, 0.6) is 0 Å². The highest BCUT2D eigenvalue weighted by Crippen LogP contribution is 2.28. The Morgan fingerprint density at radius 1 is 1.09 bits per heavy atom. The summed E-state index contributed by atoms with van der Waals surface area (Å²) in [6.07, 6.45) is -0.950. The number of aliphatic hydroxyl groups is 3. The molecule has 0 bridgehead atoms. The van der Waals surface area contributed by atoms with Crippen molar-refractivity contribution in [3.05, 3.63) is 0 Å². The topological polar surface area (TPSA) is 86.7 Å². The molecule has 0 aromatic carbocycles. The summed E-state index contributed by atoms with van der Waals surface area (Å²) in [6.45, 7) is 0. The maximum atomic E-state index is 9.33. The molecule has 0 aromatic rings. The summed E-state index contributed by atoms with van der Waals surface area (Å²) in [5.41, 5.74) is 5.40. The van der Waals surface area contributed by atoms with E-state index in [4.69, 9.17) is 5.73 Å². The lowest BCUT2D eigenvalue weighted by atomic mass is 10.2. The SMILES string of the molecule is CS[C@@H]1[C@@H](O)[C@@H](N)[C@@H](O)[C@@H]1O. The van der Waals surface area contributed by atoms with Gasteiger partial charge in [0.05, 0.1) is 29.6 Å². The molecule has 1 aliphatic carbocycles. The molecule has 0 aliphatic heterocycles. The van der Waals surface area contributed by atoms with Crippen molar-refractivity contribution in [2.45, 2.75) is 29.6 Å². The van der Waals surface area contributed by atoms with Crippen molar-refractivity contribution >= 4 is 11.8 Å². The predicted octanol–water partition coefficient (Wildman–Crippen LogP) is -1.86. The zero-order chi connectivity index (χ0) is 8.59. The Bertz CT molecular complexity index is 132. The van der Waals surface area contributed by atoms with Gasteiger partial charge in [0.1, 0.15) is 0 Å². The third-order valence-corrected chi connectivity index (χ3v) is 3.19. The smallest absolute Gasteiger partial charge is 0.0987 e.